The quantitative estimate of drug-likeness (QED) is 0.592. The van der Waals surface area contributed by atoms with E-state index in [4.69, 9.17) is 0 Å². The molecule has 108 valence electrons. The van der Waals surface area contributed by atoms with Crippen molar-refractivity contribution in [3.63, 3.8) is 0 Å². The summed E-state index contributed by atoms with van der Waals surface area (Å²) < 4.78 is 37.4. The fourth-order valence-corrected chi connectivity index (χ4v) is 2.24. The lowest BCUT2D eigenvalue weighted by Gasteiger charge is -2.16. The largest absolute Gasteiger partial charge is 0.417 e. The van der Waals surface area contributed by atoms with Gasteiger partial charge in [0.05, 0.1) is 5.56 Å². The monoisotopic (exact) mass is 273 g/mol. The molecule has 0 aliphatic rings. The second kappa shape index (κ2) is 7.51. The number of nitrogens with zero attached hydrogens (tertiary/aromatic N) is 1. The molecule has 1 unspecified atom stereocenters. The molecule has 1 rings (SSSR count). The lowest BCUT2D eigenvalue weighted by molar-refractivity contribution is -0.137. The van der Waals surface area contributed by atoms with Gasteiger partial charge in [-0.1, -0.05) is 39.5 Å². The van der Waals surface area contributed by atoms with Gasteiger partial charge in [0.2, 0.25) is 0 Å². The van der Waals surface area contributed by atoms with E-state index in [1.165, 1.54) is 12.5 Å². The van der Waals surface area contributed by atoms with Gasteiger partial charge < -0.3 is 0 Å². The van der Waals surface area contributed by atoms with Crippen molar-refractivity contribution in [3.05, 3.63) is 29.6 Å². The summed E-state index contributed by atoms with van der Waals surface area (Å²) in [5.41, 5.74) is 0.131. The summed E-state index contributed by atoms with van der Waals surface area (Å²) in [6, 6.07) is 2.68. The van der Waals surface area contributed by atoms with Gasteiger partial charge in [0.25, 0.3) is 0 Å². The second-order valence-electron chi connectivity index (χ2n) is 4.95. The molecule has 0 aliphatic heterocycles. The van der Waals surface area contributed by atoms with Crippen molar-refractivity contribution in [2.45, 2.75) is 64.5 Å². The average molecular weight is 273 g/mol. The normalized spacial score (nSPS) is 13.5. The predicted molar refractivity (Wildman–Crippen MR) is 71.0 cm³/mol. The van der Waals surface area contributed by atoms with E-state index in [1.54, 1.807) is 0 Å². The Labute approximate surface area is 113 Å². The predicted octanol–water partition coefficient (Wildman–Crippen LogP) is 5.56. The summed E-state index contributed by atoms with van der Waals surface area (Å²) in [6.45, 7) is 4.24. The maximum atomic E-state index is 12.5. The molecule has 0 bridgehead atoms. The maximum absolute atomic E-state index is 12.5. The molecule has 1 aromatic heterocycles. The minimum Gasteiger partial charge on any atom is -0.260 e. The van der Waals surface area contributed by atoms with Gasteiger partial charge in [0, 0.05) is 17.8 Å². The minimum absolute atomic E-state index is 0.291. The van der Waals surface area contributed by atoms with Crippen LogP contribution >= 0.6 is 0 Å². The van der Waals surface area contributed by atoms with E-state index in [0.29, 0.717) is 5.92 Å². The van der Waals surface area contributed by atoms with Crippen LogP contribution in [0.3, 0.4) is 0 Å². The first kappa shape index (κ1) is 16.0. The van der Waals surface area contributed by atoms with Crippen LogP contribution in [0.15, 0.2) is 18.3 Å². The average Bonchev–Trinajstić information content (AvgIpc) is 2.37. The van der Waals surface area contributed by atoms with Crippen LogP contribution in [-0.2, 0) is 6.18 Å². The van der Waals surface area contributed by atoms with E-state index in [1.807, 2.05) is 0 Å². The third kappa shape index (κ3) is 5.21. The van der Waals surface area contributed by atoms with E-state index < -0.39 is 11.7 Å². The molecule has 1 heterocycles. The van der Waals surface area contributed by atoms with Crippen LogP contribution in [0.2, 0.25) is 0 Å². The van der Waals surface area contributed by atoms with Crippen molar-refractivity contribution in [1.82, 2.24) is 4.98 Å². The molecule has 1 nitrogen and oxygen atoms in total. The first-order valence-electron chi connectivity index (χ1n) is 7.02. The molecule has 1 aromatic rings. The van der Waals surface area contributed by atoms with E-state index in [2.05, 4.69) is 18.8 Å². The first-order chi connectivity index (χ1) is 8.99. The Morgan fingerprint density at radius 1 is 1.05 bits per heavy atom. The van der Waals surface area contributed by atoms with E-state index >= 15 is 0 Å². The number of alkyl halides is 3. The Balaban J connectivity index is 2.73. The van der Waals surface area contributed by atoms with Crippen LogP contribution in [0.1, 0.15) is 69.5 Å². The minimum atomic E-state index is -4.30. The molecule has 0 saturated heterocycles. The molecule has 19 heavy (non-hydrogen) atoms. The zero-order chi connectivity index (χ0) is 14.3. The lowest BCUT2D eigenvalue weighted by Crippen LogP contribution is -2.08. The zero-order valence-corrected chi connectivity index (χ0v) is 11.6. The SMILES string of the molecule is CCCCCC(CCC)c1ccc(C(F)(F)F)cn1. The highest BCUT2D eigenvalue weighted by Crippen LogP contribution is 2.31. The van der Waals surface area contributed by atoms with Gasteiger partial charge in [0.1, 0.15) is 0 Å². The fourth-order valence-electron chi connectivity index (χ4n) is 2.24. The summed E-state index contributed by atoms with van der Waals surface area (Å²) in [6.07, 6.45) is 3.12. The van der Waals surface area contributed by atoms with Crippen molar-refractivity contribution in [2.75, 3.05) is 0 Å². The summed E-state index contributed by atoms with van der Waals surface area (Å²) in [5.74, 6) is 0.291. The van der Waals surface area contributed by atoms with Crippen molar-refractivity contribution in [2.24, 2.45) is 0 Å². The molecule has 4 heteroatoms. The molecule has 1 atom stereocenters. The molecule has 0 spiro atoms. The van der Waals surface area contributed by atoms with Crippen molar-refractivity contribution >= 4 is 0 Å². The summed E-state index contributed by atoms with van der Waals surface area (Å²) in [5, 5.41) is 0. The van der Waals surface area contributed by atoms with Crippen molar-refractivity contribution in [3.8, 4) is 0 Å². The molecule has 0 N–H and O–H groups in total. The molecule has 0 fully saturated rings. The number of halogens is 3. The Morgan fingerprint density at radius 3 is 2.26 bits per heavy atom. The van der Waals surface area contributed by atoms with Gasteiger partial charge in [-0.05, 0) is 25.0 Å². The molecule has 0 saturated carbocycles. The lowest BCUT2D eigenvalue weighted by atomic mass is 9.92. The van der Waals surface area contributed by atoms with Crippen LogP contribution in [0.4, 0.5) is 13.2 Å². The highest BCUT2D eigenvalue weighted by atomic mass is 19.4. The highest BCUT2D eigenvalue weighted by Gasteiger charge is 2.30. The van der Waals surface area contributed by atoms with Crippen LogP contribution < -0.4 is 0 Å². The number of pyridine rings is 1. The number of hydrogen-bond acceptors (Lipinski definition) is 1. The molecule has 0 amide bonds. The molecular weight excluding hydrogens is 251 g/mol. The summed E-state index contributed by atoms with van der Waals surface area (Å²) in [7, 11) is 0. The van der Waals surface area contributed by atoms with Crippen LogP contribution in [-0.4, -0.2) is 4.98 Å². The van der Waals surface area contributed by atoms with E-state index in [-0.39, 0.29) is 0 Å². The van der Waals surface area contributed by atoms with Gasteiger partial charge in [-0.3, -0.25) is 4.98 Å². The van der Waals surface area contributed by atoms with Gasteiger partial charge in [-0.2, -0.15) is 13.2 Å². The number of unbranched alkanes of at least 4 members (excludes halogenated alkanes) is 2. The van der Waals surface area contributed by atoms with Crippen LogP contribution in [0.25, 0.3) is 0 Å². The standard InChI is InChI=1S/C15H22F3N/c1-3-5-6-8-12(7-4-2)14-10-9-13(11-19-14)15(16,17)18/h9-12H,3-8H2,1-2H3. The Hall–Kier alpha value is -1.06. The van der Waals surface area contributed by atoms with E-state index in [0.717, 1.165) is 50.1 Å². The maximum Gasteiger partial charge on any atom is 0.417 e. The fraction of sp³-hybridized carbons (Fsp3) is 0.667. The van der Waals surface area contributed by atoms with E-state index in [9.17, 15) is 13.2 Å². The third-order valence-electron chi connectivity index (χ3n) is 3.33. The Bertz CT molecular complexity index is 357. The van der Waals surface area contributed by atoms with Crippen LogP contribution in [0, 0.1) is 0 Å². The highest BCUT2D eigenvalue weighted by molar-refractivity contribution is 5.19. The second-order valence-corrected chi connectivity index (χ2v) is 4.95. The molecular formula is C15H22F3N. The molecule has 0 aliphatic carbocycles. The number of aromatic nitrogens is 1. The smallest absolute Gasteiger partial charge is 0.260 e. The van der Waals surface area contributed by atoms with Gasteiger partial charge >= 0.3 is 6.18 Å². The van der Waals surface area contributed by atoms with Crippen LogP contribution in [0.5, 0.6) is 0 Å². The third-order valence-corrected chi connectivity index (χ3v) is 3.33. The molecule has 0 aromatic carbocycles. The summed E-state index contributed by atoms with van der Waals surface area (Å²) in [4.78, 5) is 4.02. The topological polar surface area (TPSA) is 12.9 Å². The number of rotatable bonds is 7. The zero-order valence-electron chi connectivity index (χ0n) is 11.6. The van der Waals surface area contributed by atoms with Gasteiger partial charge in [-0.15, -0.1) is 0 Å². The summed E-state index contributed by atoms with van der Waals surface area (Å²) >= 11 is 0. The van der Waals surface area contributed by atoms with Gasteiger partial charge in [-0.25, -0.2) is 0 Å². The molecule has 0 radical (unpaired) electrons. The number of hydrogen-bond donors (Lipinski definition) is 0. The Morgan fingerprint density at radius 2 is 1.79 bits per heavy atom. The Kier molecular flexibility index (Phi) is 6.32. The first-order valence-corrected chi connectivity index (χ1v) is 7.02. The van der Waals surface area contributed by atoms with Gasteiger partial charge in [0.15, 0.2) is 0 Å². The van der Waals surface area contributed by atoms with Crippen molar-refractivity contribution < 1.29 is 13.2 Å². The van der Waals surface area contributed by atoms with Crippen molar-refractivity contribution in [1.29, 1.82) is 0 Å².